The number of carboxylic acid groups (broad SMARTS) is 1. The van der Waals surface area contributed by atoms with Crippen LogP contribution in [-0.2, 0) is 9.59 Å². The van der Waals surface area contributed by atoms with Gasteiger partial charge in [0.15, 0.2) is 0 Å². The summed E-state index contributed by atoms with van der Waals surface area (Å²) in [6.45, 7) is -0.0189. The molecule has 1 spiro atoms. The molecule has 1 amide bonds. The summed E-state index contributed by atoms with van der Waals surface area (Å²) in [6, 6.07) is 0. The smallest absolute Gasteiger partial charge is 0.307 e. The lowest BCUT2D eigenvalue weighted by molar-refractivity contribution is -0.140. The minimum absolute atomic E-state index is 0.213. The lowest BCUT2D eigenvalue weighted by Gasteiger charge is -2.60. The van der Waals surface area contributed by atoms with Crippen LogP contribution >= 0.6 is 0 Å². The third kappa shape index (κ3) is 2.13. The maximum Gasteiger partial charge on any atom is 0.307 e. The molecule has 3 saturated carbocycles. The SMILES string of the molecule is O=C(O)[C@@H]1C[C@H]1C(=O)NCC1(CF)CC2(CCC2)C1. The Hall–Kier alpha value is -1.13. The molecule has 3 aliphatic rings. The molecule has 0 heterocycles. The van der Waals surface area contributed by atoms with Gasteiger partial charge in [-0.15, -0.1) is 0 Å². The fraction of sp³-hybridized carbons (Fsp3) is 0.857. The van der Waals surface area contributed by atoms with Crippen molar-refractivity contribution < 1.29 is 19.1 Å². The van der Waals surface area contributed by atoms with Crippen molar-refractivity contribution in [2.75, 3.05) is 13.2 Å². The molecular weight excluding hydrogens is 249 g/mol. The van der Waals surface area contributed by atoms with Gasteiger partial charge in [-0.2, -0.15) is 0 Å². The molecule has 0 saturated heterocycles. The van der Waals surface area contributed by atoms with Crippen molar-refractivity contribution in [2.45, 2.75) is 38.5 Å². The third-order valence-electron chi connectivity index (χ3n) is 5.28. The quantitative estimate of drug-likeness (QED) is 0.799. The number of aliphatic carboxylic acids is 1. The topological polar surface area (TPSA) is 66.4 Å². The van der Waals surface area contributed by atoms with Gasteiger partial charge >= 0.3 is 5.97 Å². The van der Waals surface area contributed by atoms with Crippen molar-refractivity contribution in [3.05, 3.63) is 0 Å². The molecule has 0 bridgehead atoms. The van der Waals surface area contributed by atoms with Gasteiger partial charge in [0, 0.05) is 12.0 Å². The minimum atomic E-state index is -0.905. The number of amides is 1. The number of hydrogen-bond donors (Lipinski definition) is 2. The van der Waals surface area contributed by atoms with E-state index in [9.17, 15) is 14.0 Å². The van der Waals surface area contributed by atoms with Crippen LogP contribution < -0.4 is 5.32 Å². The number of rotatable bonds is 5. The first-order valence-corrected chi connectivity index (χ1v) is 7.06. The highest BCUT2D eigenvalue weighted by Crippen LogP contribution is 2.64. The van der Waals surface area contributed by atoms with E-state index in [0.29, 0.717) is 18.4 Å². The highest BCUT2D eigenvalue weighted by Gasteiger charge is 2.57. The van der Waals surface area contributed by atoms with Crippen LogP contribution in [0.1, 0.15) is 38.5 Å². The van der Waals surface area contributed by atoms with Crippen LogP contribution in [0.5, 0.6) is 0 Å². The first-order chi connectivity index (χ1) is 8.99. The predicted molar refractivity (Wildman–Crippen MR) is 66.2 cm³/mol. The zero-order valence-electron chi connectivity index (χ0n) is 11.0. The highest BCUT2D eigenvalue weighted by atomic mass is 19.1. The lowest BCUT2D eigenvalue weighted by Crippen LogP contribution is -2.56. The van der Waals surface area contributed by atoms with Crippen LogP contribution in [0.25, 0.3) is 0 Å². The Morgan fingerprint density at radius 3 is 2.37 bits per heavy atom. The van der Waals surface area contributed by atoms with Gasteiger partial charge in [0.05, 0.1) is 18.5 Å². The van der Waals surface area contributed by atoms with Crippen LogP contribution in [0.2, 0.25) is 0 Å². The summed E-state index contributed by atoms with van der Waals surface area (Å²) in [6.07, 6.45) is 5.83. The molecule has 0 radical (unpaired) electrons. The fourth-order valence-corrected chi connectivity index (χ4v) is 4.00. The molecule has 2 N–H and O–H groups in total. The highest BCUT2D eigenvalue weighted by molar-refractivity contribution is 5.89. The molecule has 3 rings (SSSR count). The summed E-state index contributed by atoms with van der Waals surface area (Å²) in [4.78, 5) is 22.5. The van der Waals surface area contributed by atoms with Crippen LogP contribution in [-0.4, -0.2) is 30.2 Å². The van der Waals surface area contributed by atoms with Crippen LogP contribution in [0, 0.1) is 22.7 Å². The Kier molecular flexibility index (Phi) is 2.84. The van der Waals surface area contributed by atoms with Gasteiger partial charge < -0.3 is 10.4 Å². The van der Waals surface area contributed by atoms with Gasteiger partial charge in [0.2, 0.25) is 5.91 Å². The largest absolute Gasteiger partial charge is 0.481 e. The van der Waals surface area contributed by atoms with E-state index < -0.39 is 17.8 Å². The first-order valence-electron chi connectivity index (χ1n) is 7.06. The molecule has 3 fully saturated rings. The average Bonchev–Trinajstić information content (AvgIpc) is 3.05. The summed E-state index contributed by atoms with van der Waals surface area (Å²) in [7, 11) is 0. The summed E-state index contributed by atoms with van der Waals surface area (Å²) in [5.41, 5.74) is 0.00366. The molecule has 5 heteroatoms. The van der Waals surface area contributed by atoms with E-state index in [0.717, 1.165) is 12.8 Å². The minimum Gasteiger partial charge on any atom is -0.481 e. The summed E-state index contributed by atoms with van der Waals surface area (Å²) in [5, 5.41) is 11.5. The van der Waals surface area contributed by atoms with Crippen LogP contribution in [0.3, 0.4) is 0 Å². The average molecular weight is 269 g/mol. The van der Waals surface area contributed by atoms with Crippen molar-refractivity contribution in [1.82, 2.24) is 5.32 Å². The molecule has 106 valence electrons. The van der Waals surface area contributed by atoms with Crippen LogP contribution in [0.15, 0.2) is 0 Å². The van der Waals surface area contributed by atoms with Crippen molar-refractivity contribution in [1.29, 1.82) is 0 Å². The van der Waals surface area contributed by atoms with E-state index in [2.05, 4.69) is 5.32 Å². The maximum atomic E-state index is 13.2. The van der Waals surface area contributed by atoms with Crippen molar-refractivity contribution in [3.8, 4) is 0 Å². The normalized spacial score (nSPS) is 33.1. The molecule has 4 nitrogen and oxygen atoms in total. The molecule has 19 heavy (non-hydrogen) atoms. The predicted octanol–water partition coefficient (Wildman–Crippen LogP) is 1.74. The number of carboxylic acids is 1. The zero-order valence-corrected chi connectivity index (χ0v) is 11.0. The van der Waals surface area contributed by atoms with Crippen LogP contribution in [0.4, 0.5) is 4.39 Å². The van der Waals surface area contributed by atoms with Gasteiger partial charge in [-0.25, -0.2) is 0 Å². The Bertz CT molecular complexity index is 411. The number of halogens is 1. The number of carbonyl (C=O) groups excluding carboxylic acids is 1. The number of hydrogen-bond acceptors (Lipinski definition) is 2. The molecule has 0 aromatic heterocycles. The van der Waals surface area contributed by atoms with Crippen molar-refractivity contribution in [3.63, 3.8) is 0 Å². The molecule has 0 aromatic carbocycles. The molecule has 3 aliphatic carbocycles. The second-order valence-corrected chi connectivity index (χ2v) is 6.85. The number of nitrogens with one attached hydrogen (secondary N) is 1. The molecule has 2 atom stereocenters. The van der Waals surface area contributed by atoms with Gasteiger partial charge in [0.25, 0.3) is 0 Å². The van der Waals surface area contributed by atoms with Crippen molar-refractivity contribution in [2.24, 2.45) is 22.7 Å². The summed E-state index contributed by atoms with van der Waals surface area (Å²) < 4.78 is 13.2. The number of carbonyl (C=O) groups is 2. The summed E-state index contributed by atoms with van der Waals surface area (Å²) >= 11 is 0. The van der Waals surface area contributed by atoms with E-state index in [-0.39, 0.29) is 18.0 Å². The van der Waals surface area contributed by atoms with Gasteiger partial charge in [-0.1, -0.05) is 6.42 Å². The van der Waals surface area contributed by atoms with Gasteiger partial charge in [-0.3, -0.25) is 14.0 Å². The van der Waals surface area contributed by atoms with E-state index in [1.807, 2.05) is 0 Å². The second kappa shape index (κ2) is 4.18. The molecule has 0 aliphatic heterocycles. The van der Waals surface area contributed by atoms with E-state index in [1.165, 1.54) is 19.3 Å². The Morgan fingerprint density at radius 1 is 1.26 bits per heavy atom. The summed E-state index contributed by atoms with van der Waals surface area (Å²) in [5.74, 6) is -2.04. The lowest BCUT2D eigenvalue weighted by atomic mass is 9.45. The Morgan fingerprint density at radius 2 is 1.95 bits per heavy atom. The third-order valence-corrected chi connectivity index (χ3v) is 5.28. The maximum absolute atomic E-state index is 13.2. The van der Waals surface area contributed by atoms with Gasteiger partial charge in [0.1, 0.15) is 0 Å². The van der Waals surface area contributed by atoms with E-state index >= 15 is 0 Å². The standard InChI is InChI=1S/C14H20FNO3/c15-7-14(5-13(6-14)2-1-3-13)8-16-11(17)9-4-10(9)12(18)19/h9-10H,1-8H2,(H,16,17)(H,18,19)/t9-,10-/m1/s1. The van der Waals surface area contributed by atoms with Crippen molar-refractivity contribution >= 4 is 11.9 Å². The molecule has 0 aromatic rings. The number of alkyl halides is 1. The Balaban J connectivity index is 1.47. The molecule has 0 unspecified atom stereocenters. The monoisotopic (exact) mass is 269 g/mol. The fourth-order valence-electron chi connectivity index (χ4n) is 4.00. The van der Waals surface area contributed by atoms with E-state index in [4.69, 9.17) is 5.11 Å². The van der Waals surface area contributed by atoms with Gasteiger partial charge in [-0.05, 0) is 37.5 Å². The second-order valence-electron chi connectivity index (χ2n) is 6.85. The Labute approximate surface area is 111 Å². The molecular formula is C14H20FNO3. The first kappa shape index (κ1) is 12.9. The van der Waals surface area contributed by atoms with E-state index in [1.54, 1.807) is 0 Å². The zero-order chi connectivity index (χ0) is 13.7.